The highest BCUT2D eigenvalue weighted by molar-refractivity contribution is 5.14. The summed E-state index contributed by atoms with van der Waals surface area (Å²) in [6, 6.07) is 0. The van der Waals surface area contributed by atoms with E-state index in [0.29, 0.717) is 26.3 Å². The Kier molecular flexibility index (Phi) is 7.01. The molecule has 1 aromatic rings. The van der Waals surface area contributed by atoms with Crippen LogP contribution in [0.3, 0.4) is 0 Å². The number of methoxy groups -OCH3 is 1. The van der Waals surface area contributed by atoms with Crippen molar-refractivity contribution in [2.45, 2.75) is 32.6 Å². The van der Waals surface area contributed by atoms with Gasteiger partial charge in [-0.1, -0.05) is 0 Å². The molecule has 1 heterocycles. The van der Waals surface area contributed by atoms with E-state index in [0.717, 1.165) is 11.3 Å². The Morgan fingerprint density at radius 1 is 1.47 bits per heavy atom. The fourth-order valence-corrected chi connectivity index (χ4v) is 1.81. The number of aliphatic hydroxyl groups excluding tert-OH is 1. The molecule has 0 fully saturated rings. The van der Waals surface area contributed by atoms with E-state index in [9.17, 15) is 5.11 Å². The Bertz CT molecular complexity index is 368. The summed E-state index contributed by atoms with van der Waals surface area (Å²) >= 11 is 0. The topological polar surface area (TPSA) is 68.5 Å². The molecule has 1 aromatic heterocycles. The molecule has 2 N–H and O–H groups in total. The van der Waals surface area contributed by atoms with Gasteiger partial charge in [-0.05, 0) is 13.8 Å². The number of nitrogens with one attached hydrogen (secondary N) is 1. The zero-order valence-electron chi connectivity index (χ0n) is 12.2. The van der Waals surface area contributed by atoms with Crippen LogP contribution in [0.2, 0.25) is 0 Å². The third-order valence-corrected chi connectivity index (χ3v) is 2.79. The molecule has 1 rings (SSSR count). The Hall–Kier alpha value is -0.950. The monoisotopic (exact) mass is 271 g/mol. The summed E-state index contributed by atoms with van der Waals surface area (Å²) in [5.41, 5.74) is 2.15. The van der Waals surface area contributed by atoms with Gasteiger partial charge in [0.15, 0.2) is 0 Å². The third-order valence-electron chi connectivity index (χ3n) is 2.79. The van der Waals surface area contributed by atoms with Crippen molar-refractivity contribution in [1.82, 2.24) is 15.1 Å². The van der Waals surface area contributed by atoms with E-state index in [4.69, 9.17) is 9.47 Å². The zero-order valence-corrected chi connectivity index (χ0v) is 12.2. The van der Waals surface area contributed by atoms with E-state index in [1.54, 1.807) is 11.8 Å². The van der Waals surface area contributed by atoms with Crippen LogP contribution in [0.1, 0.15) is 18.2 Å². The normalized spacial score (nSPS) is 14.6. The first-order valence-corrected chi connectivity index (χ1v) is 6.51. The average molecular weight is 271 g/mol. The lowest BCUT2D eigenvalue weighted by atomic mass is 10.2. The van der Waals surface area contributed by atoms with E-state index in [1.807, 2.05) is 27.1 Å². The van der Waals surface area contributed by atoms with Gasteiger partial charge < -0.3 is 19.9 Å². The Labute approximate surface area is 114 Å². The summed E-state index contributed by atoms with van der Waals surface area (Å²) in [4.78, 5) is 0. The van der Waals surface area contributed by atoms with Gasteiger partial charge in [0.1, 0.15) is 0 Å². The summed E-state index contributed by atoms with van der Waals surface area (Å²) in [6.45, 7) is 5.93. The van der Waals surface area contributed by atoms with Crippen LogP contribution >= 0.6 is 0 Å². The number of aliphatic hydroxyl groups is 1. The number of aryl methyl sites for hydroxylation is 2. The number of ether oxygens (including phenoxy) is 2. The molecule has 6 nitrogen and oxygen atoms in total. The average Bonchev–Trinajstić information content (AvgIpc) is 2.66. The molecule has 0 amide bonds. The predicted octanol–water partition coefficient (Wildman–Crippen LogP) is 0.231. The van der Waals surface area contributed by atoms with Crippen LogP contribution in [0.4, 0.5) is 0 Å². The van der Waals surface area contributed by atoms with E-state index in [1.165, 1.54) is 0 Å². The first-order valence-electron chi connectivity index (χ1n) is 6.51. The minimum atomic E-state index is -0.517. The standard InChI is InChI=1S/C13H25N3O3/c1-10(8-18-4)19-9-13(17)6-14-5-12-7-16(3)15-11(12)2/h7,10,13-14,17H,5-6,8-9H2,1-4H3. The van der Waals surface area contributed by atoms with E-state index in [-0.39, 0.29) is 6.10 Å². The van der Waals surface area contributed by atoms with Gasteiger partial charge in [0.05, 0.1) is 31.1 Å². The molecule has 110 valence electrons. The number of nitrogens with zero attached hydrogens (tertiary/aromatic N) is 2. The first-order chi connectivity index (χ1) is 9.02. The zero-order chi connectivity index (χ0) is 14.3. The van der Waals surface area contributed by atoms with Crippen molar-refractivity contribution >= 4 is 0 Å². The van der Waals surface area contributed by atoms with Gasteiger partial charge in [0.2, 0.25) is 0 Å². The summed E-state index contributed by atoms with van der Waals surface area (Å²) in [5.74, 6) is 0. The molecule has 0 aliphatic rings. The molecule has 2 atom stereocenters. The molecule has 0 aliphatic carbocycles. The molecule has 0 saturated carbocycles. The van der Waals surface area contributed by atoms with Crippen molar-refractivity contribution in [1.29, 1.82) is 0 Å². The molecule has 0 saturated heterocycles. The van der Waals surface area contributed by atoms with Crippen LogP contribution in [-0.2, 0) is 23.1 Å². The Balaban J connectivity index is 2.16. The predicted molar refractivity (Wildman–Crippen MR) is 72.9 cm³/mol. The maximum atomic E-state index is 9.77. The van der Waals surface area contributed by atoms with Crippen LogP contribution in [0.5, 0.6) is 0 Å². The molecule has 0 aliphatic heterocycles. The van der Waals surface area contributed by atoms with Gasteiger partial charge >= 0.3 is 0 Å². The Morgan fingerprint density at radius 3 is 2.79 bits per heavy atom. The molecule has 6 heteroatoms. The third kappa shape index (κ3) is 6.15. The quantitative estimate of drug-likeness (QED) is 0.673. The van der Waals surface area contributed by atoms with Crippen LogP contribution in [0.25, 0.3) is 0 Å². The number of hydrogen-bond donors (Lipinski definition) is 2. The highest BCUT2D eigenvalue weighted by atomic mass is 16.5. The molecular formula is C13H25N3O3. The second kappa shape index (κ2) is 8.27. The van der Waals surface area contributed by atoms with Crippen molar-refractivity contribution in [2.24, 2.45) is 7.05 Å². The van der Waals surface area contributed by atoms with E-state index >= 15 is 0 Å². The number of aromatic nitrogens is 2. The minimum Gasteiger partial charge on any atom is -0.389 e. The lowest BCUT2D eigenvalue weighted by molar-refractivity contribution is -0.0311. The molecule has 0 bridgehead atoms. The second-order valence-electron chi connectivity index (χ2n) is 4.80. The van der Waals surface area contributed by atoms with Gasteiger partial charge in [-0.25, -0.2) is 0 Å². The van der Waals surface area contributed by atoms with Gasteiger partial charge in [0.25, 0.3) is 0 Å². The Morgan fingerprint density at radius 2 is 2.21 bits per heavy atom. The SMILES string of the molecule is COCC(C)OCC(O)CNCc1cn(C)nc1C. The van der Waals surface area contributed by atoms with Crippen molar-refractivity contribution in [2.75, 3.05) is 26.9 Å². The fraction of sp³-hybridized carbons (Fsp3) is 0.769. The van der Waals surface area contributed by atoms with E-state index in [2.05, 4.69) is 10.4 Å². The van der Waals surface area contributed by atoms with Crippen molar-refractivity contribution < 1.29 is 14.6 Å². The van der Waals surface area contributed by atoms with Gasteiger partial charge in [-0.15, -0.1) is 0 Å². The van der Waals surface area contributed by atoms with Gasteiger partial charge in [0, 0.05) is 39.0 Å². The molecular weight excluding hydrogens is 246 g/mol. The second-order valence-corrected chi connectivity index (χ2v) is 4.80. The van der Waals surface area contributed by atoms with Crippen LogP contribution in [0, 0.1) is 6.92 Å². The molecule has 0 aromatic carbocycles. The summed E-state index contributed by atoms with van der Waals surface area (Å²) in [7, 11) is 3.53. The summed E-state index contributed by atoms with van der Waals surface area (Å²) in [5, 5.41) is 17.2. The fourth-order valence-electron chi connectivity index (χ4n) is 1.81. The van der Waals surface area contributed by atoms with Gasteiger partial charge in [-0.3, -0.25) is 4.68 Å². The van der Waals surface area contributed by atoms with Crippen molar-refractivity contribution in [3.63, 3.8) is 0 Å². The van der Waals surface area contributed by atoms with Crippen molar-refractivity contribution in [3.05, 3.63) is 17.5 Å². The maximum Gasteiger partial charge on any atom is 0.0897 e. The minimum absolute atomic E-state index is 0.000202. The van der Waals surface area contributed by atoms with Crippen LogP contribution in [0.15, 0.2) is 6.20 Å². The lowest BCUT2D eigenvalue weighted by Crippen LogP contribution is -2.32. The molecule has 0 spiro atoms. The molecule has 2 unspecified atom stereocenters. The maximum absolute atomic E-state index is 9.77. The van der Waals surface area contributed by atoms with Crippen LogP contribution in [-0.4, -0.2) is 54.0 Å². The first kappa shape index (κ1) is 16.1. The number of rotatable bonds is 9. The summed E-state index contributed by atoms with van der Waals surface area (Å²) in [6.07, 6.45) is 1.46. The van der Waals surface area contributed by atoms with Crippen LogP contribution < -0.4 is 5.32 Å². The summed E-state index contributed by atoms with van der Waals surface area (Å²) < 4.78 is 12.2. The van der Waals surface area contributed by atoms with E-state index < -0.39 is 6.10 Å². The van der Waals surface area contributed by atoms with Crippen molar-refractivity contribution in [3.8, 4) is 0 Å². The lowest BCUT2D eigenvalue weighted by Gasteiger charge is -2.16. The van der Waals surface area contributed by atoms with Gasteiger partial charge in [-0.2, -0.15) is 5.10 Å². The number of hydrogen-bond acceptors (Lipinski definition) is 5. The smallest absolute Gasteiger partial charge is 0.0897 e. The molecule has 19 heavy (non-hydrogen) atoms. The highest BCUT2D eigenvalue weighted by Crippen LogP contribution is 2.03. The molecule has 0 radical (unpaired) electrons. The highest BCUT2D eigenvalue weighted by Gasteiger charge is 2.08. The largest absolute Gasteiger partial charge is 0.389 e.